The molecule has 4 heterocycles. The lowest BCUT2D eigenvalue weighted by molar-refractivity contribution is 0.769. The predicted molar refractivity (Wildman–Crippen MR) is 217 cm³/mol. The molecule has 7 heteroatoms. The van der Waals surface area contributed by atoms with Crippen LogP contribution in [0.3, 0.4) is 0 Å². The molecule has 252 valence electrons. The van der Waals surface area contributed by atoms with Crippen LogP contribution in [0.15, 0.2) is 163 Å². The molecule has 0 spiro atoms. The zero-order valence-electron chi connectivity index (χ0n) is 50.1. The van der Waals surface area contributed by atoms with Gasteiger partial charge in [-0.3, -0.25) is 4.57 Å². The molecule has 11 rings (SSSR count). The first kappa shape index (κ1) is 15.2. The first-order chi connectivity index (χ1) is 36.3. The minimum atomic E-state index is -0.794. The molecule has 7 aromatic carbocycles. The Kier molecular flexibility index (Phi) is 3.30. The zero-order chi connectivity index (χ0) is 55.8. The zero-order valence-corrected chi connectivity index (χ0v) is 27.1. The van der Waals surface area contributed by atoms with Crippen molar-refractivity contribution >= 4 is 65.4 Å². The second kappa shape index (κ2) is 11.7. The summed E-state index contributed by atoms with van der Waals surface area (Å²) >= 11 is 0. The molecular weight excluding hydrogens is 663 g/mol. The molecular formula is C47H29N7. The number of rotatable bonds is 5. The van der Waals surface area contributed by atoms with E-state index >= 15 is 0 Å². The van der Waals surface area contributed by atoms with Crippen molar-refractivity contribution in [2.45, 2.75) is 6.54 Å². The molecule has 4 aromatic heterocycles. The minimum absolute atomic E-state index is 0.0865. The van der Waals surface area contributed by atoms with Crippen LogP contribution in [0.2, 0.25) is 0 Å². The first-order valence-electron chi connectivity index (χ1n) is 27.6. The number of fused-ring (bicyclic) bond motifs is 9. The summed E-state index contributed by atoms with van der Waals surface area (Å²) < 4.78 is 208. The Hall–Kier alpha value is -7.56. The normalized spacial score (nSPS) is 17.7. The van der Waals surface area contributed by atoms with Crippen LogP contribution in [-0.4, -0.2) is 28.7 Å². The number of benzene rings is 7. The summed E-state index contributed by atoms with van der Waals surface area (Å²) in [7, 11) is 0. The van der Waals surface area contributed by atoms with Crippen molar-refractivity contribution in [3.63, 3.8) is 0 Å². The van der Waals surface area contributed by atoms with Gasteiger partial charge < -0.3 is 9.13 Å². The van der Waals surface area contributed by atoms with Crippen LogP contribution in [0, 0.1) is 11.3 Å². The Labute approximate surface area is 341 Å². The van der Waals surface area contributed by atoms with Gasteiger partial charge in [-0.25, -0.2) is 4.98 Å². The number of para-hydroxylation sites is 6. The summed E-state index contributed by atoms with van der Waals surface area (Å²) in [5.74, 6) is -1.45. The van der Waals surface area contributed by atoms with E-state index < -0.39 is 180 Å². The van der Waals surface area contributed by atoms with Gasteiger partial charge in [-0.05, 0) is 54.4 Å². The number of nitriles is 1. The van der Waals surface area contributed by atoms with Crippen molar-refractivity contribution in [1.82, 2.24) is 28.7 Å². The molecule has 0 unspecified atom stereocenters. The van der Waals surface area contributed by atoms with E-state index in [1.807, 2.05) is 0 Å². The Bertz CT molecular complexity index is 4510. The fraction of sp³-hybridized carbons (Fsp3) is 0.0213. The predicted octanol–water partition coefficient (Wildman–Crippen LogP) is 10.8. The molecule has 0 bridgehead atoms. The molecule has 0 N–H and O–H groups in total. The summed E-state index contributed by atoms with van der Waals surface area (Å²) in [6.45, 7) is -0.760. The van der Waals surface area contributed by atoms with Crippen molar-refractivity contribution in [1.29, 1.82) is 5.26 Å². The highest BCUT2D eigenvalue weighted by Gasteiger charge is 2.21. The smallest absolute Gasteiger partial charge is 0.238 e. The van der Waals surface area contributed by atoms with Gasteiger partial charge in [-0.1, -0.05) is 109 Å². The highest BCUT2D eigenvalue weighted by atomic mass is 15.2. The highest BCUT2D eigenvalue weighted by molar-refractivity contribution is 6.11. The van der Waals surface area contributed by atoms with Crippen LogP contribution in [0.1, 0.15) is 42.9 Å². The summed E-state index contributed by atoms with van der Waals surface area (Å²) in [6, 6.07) is -8.77. The Morgan fingerprint density at radius 2 is 1.02 bits per heavy atom. The van der Waals surface area contributed by atoms with Gasteiger partial charge in [0.2, 0.25) is 5.95 Å². The molecule has 0 amide bonds. The first-order valence-corrected chi connectivity index (χ1v) is 16.1. The quantitative estimate of drug-likeness (QED) is 0.178. The maximum atomic E-state index is 10.2. The molecule has 54 heavy (non-hydrogen) atoms. The van der Waals surface area contributed by atoms with E-state index in [9.17, 15) is 12.1 Å². The number of aromatic nitrogens is 6. The number of hydrogen-bond acceptors (Lipinski definition) is 4. The van der Waals surface area contributed by atoms with E-state index in [1.54, 1.807) is 6.07 Å². The van der Waals surface area contributed by atoms with Crippen LogP contribution in [0.25, 0.3) is 88.4 Å². The van der Waals surface area contributed by atoms with Crippen molar-refractivity contribution in [2.75, 3.05) is 0 Å². The van der Waals surface area contributed by atoms with Crippen LogP contribution in [0.5, 0.6) is 0 Å². The summed E-state index contributed by atoms with van der Waals surface area (Å²) in [5, 5.41) is 8.27. The lowest BCUT2D eigenvalue weighted by atomic mass is 10.1. The maximum Gasteiger partial charge on any atom is 0.238 e. The third kappa shape index (κ3) is 4.44. The standard InChI is InChI=1S/C47H29N7/c48-28-30-25-26-36-31-13-1-7-19-38(31)52(44(36)27-30)29-45-49-46(51-47(50-45)54-41-22-10-4-16-34(41)35-17-5-11-23-42(35)54)37-18-6-12-24-43(37)53-39-20-8-2-14-32(39)33-15-3-9-21-40(33)53/h1-27H,29H2/i1D,2D,3D,4D,5D,7D,8D,9D,10D,11D,13D,14D,15D,16D,17D,19D,20D,21D,22D,23D,25D,26D,27D. The molecule has 0 saturated heterocycles. The molecule has 11 aromatic rings. The van der Waals surface area contributed by atoms with Gasteiger partial charge in [0.1, 0.15) is 0 Å². The van der Waals surface area contributed by atoms with Crippen molar-refractivity contribution in [2.24, 2.45) is 0 Å². The van der Waals surface area contributed by atoms with Gasteiger partial charge in [0.05, 0.1) is 83.0 Å². The lowest BCUT2D eigenvalue weighted by Gasteiger charge is -2.15. The second-order valence-electron chi connectivity index (χ2n) is 11.9. The van der Waals surface area contributed by atoms with Crippen molar-refractivity contribution < 1.29 is 31.5 Å². The lowest BCUT2D eigenvalue weighted by Crippen LogP contribution is -2.12. The minimum Gasteiger partial charge on any atom is -0.333 e. The molecule has 0 fully saturated rings. The molecule has 0 atom stereocenters. The Morgan fingerprint density at radius 3 is 1.61 bits per heavy atom. The highest BCUT2D eigenvalue weighted by Crippen LogP contribution is 2.37. The maximum absolute atomic E-state index is 10.2. The SMILES string of the molecule is [2H]c1c([2H])c([2H])c2c(c1[2H])c1c([2H])c([2H])c(C#N)c([2H])c1n2Cc1nc(-c2ccccc2-n2c3c([2H])c([2H])c([2H])c([2H])c3c3c([2H])c([2H])c([2H])c([2H])c32)nc(-n2c3c([2H])c([2H])c([2H])c([2H])c3c3c([2H])c([2H])c([2H])c([2H])c32)n1. The molecule has 0 aliphatic carbocycles. The van der Waals surface area contributed by atoms with Gasteiger partial charge in [0.15, 0.2) is 11.6 Å². The average molecular weight is 715 g/mol. The van der Waals surface area contributed by atoms with Crippen molar-refractivity contribution in [3.05, 3.63) is 175 Å². The third-order valence-corrected chi connectivity index (χ3v) is 8.98. The largest absolute Gasteiger partial charge is 0.333 e. The Morgan fingerprint density at radius 1 is 0.519 bits per heavy atom. The summed E-state index contributed by atoms with van der Waals surface area (Å²) in [6.07, 6.45) is 0. The second-order valence-corrected chi connectivity index (χ2v) is 11.9. The van der Waals surface area contributed by atoms with Crippen LogP contribution in [-0.2, 0) is 6.54 Å². The summed E-state index contributed by atoms with van der Waals surface area (Å²) in [5.41, 5.74) is -2.92. The molecule has 7 nitrogen and oxygen atoms in total. The molecule has 0 aliphatic rings. The van der Waals surface area contributed by atoms with Gasteiger partial charge >= 0.3 is 0 Å². The van der Waals surface area contributed by atoms with E-state index in [2.05, 4.69) is 0 Å². The van der Waals surface area contributed by atoms with E-state index in [1.165, 1.54) is 28.8 Å². The van der Waals surface area contributed by atoms with Gasteiger partial charge in [-0.2, -0.15) is 15.2 Å². The van der Waals surface area contributed by atoms with Crippen LogP contribution < -0.4 is 0 Å². The van der Waals surface area contributed by atoms with E-state index in [-0.39, 0.29) is 65.6 Å². The molecule has 0 saturated carbocycles. The van der Waals surface area contributed by atoms with Crippen LogP contribution >= 0.6 is 0 Å². The van der Waals surface area contributed by atoms with E-state index in [4.69, 9.17) is 39.6 Å². The fourth-order valence-electron chi connectivity index (χ4n) is 6.77. The monoisotopic (exact) mass is 714 g/mol. The van der Waals surface area contributed by atoms with Gasteiger partial charge in [0, 0.05) is 43.4 Å². The summed E-state index contributed by atoms with van der Waals surface area (Å²) in [4.78, 5) is 14.3. The number of nitrogens with zero attached hydrogens (tertiary/aromatic N) is 7. The average Bonchev–Trinajstić information content (AvgIpc) is 4.32. The molecule has 0 aliphatic heterocycles. The van der Waals surface area contributed by atoms with E-state index in [0.29, 0.717) is 0 Å². The van der Waals surface area contributed by atoms with Crippen LogP contribution in [0.4, 0.5) is 0 Å². The molecule has 0 radical (unpaired) electrons. The topological polar surface area (TPSA) is 77.2 Å². The fourth-order valence-corrected chi connectivity index (χ4v) is 6.77. The number of hydrogen-bond donors (Lipinski definition) is 0. The van der Waals surface area contributed by atoms with Gasteiger partial charge in [0.25, 0.3) is 0 Å². The van der Waals surface area contributed by atoms with Crippen molar-refractivity contribution in [3.8, 4) is 29.1 Å². The van der Waals surface area contributed by atoms with E-state index in [0.717, 1.165) is 9.13 Å². The Balaban J connectivity index is 1.35. The van der Waals surface area contributed by atoms with Gasteiger partial charge in [-0.15, -0.1) is 0 Å². The third-order valence-electron chi connectivity index (χ3n) is 8.98.